The topological polar surface area (TPSA) is 98.3 Å². The Balaban J connectivity index is 2.23. The second kappa shape index (κ2) is 6.00. The molecule has 108 valence electrons. The Bertz CT molecular complexity index is 700. The number of nitrogens with one attached hydrogen (secondary N) is 1. The summed E-state index contributed by atoms with van der Waals surface area (Å²) in [4.78, 5) is 20.4. The molecule has 0 saturated heterocycles. The summed E-state index contributed by atoms with van der Waals surface area (Å²) in [6.45, 7) is 2.16. The molecule has 7 nitrogen and oxygen atoms in total. The van der Waals surface area contributed by atoms with Crippen LogP contribution in [0.2, 0.25) is 0 Å². The van der Waals surface area contributed by atoms with E-state index in [-0.39, 0.29) is 17.9 Å². The average Bonchev–Trinajstić information content (AvgIpc) is 2.44. The monoisotopic (exact) mass is 287 g/mol. The number of nitrogens with zero attached hydrogens (tertiary/aromatic N) is 2. The van der Waals surface area contributed by atoms with E-state index < -0.39 is 9.85 Å². The van der Waals surface area contributed by atoms with Gasteiger partial charge in [0.15, 0.2) is 0 Å². The molecule has 2 rings (SSSR count). The number of nitro groups is 2. The Kier molecular flexibility index (Phi) is 4.13. The lowest BCUT2D eigenvalue weighted by Gasteiger charge is -2.07. The molecule has 0 heterocycles. The van der Waals surface area contributed by atoms with Gasteiger partial charge in [-0.1, -0.05) is 12.1 Å². The van der Waals surface area contributed by atoms with Crippen molar-refractivity contribution >= 4 is 17.1 Å². The van der Waals surface area contributed by atoms with E-state index in [9.17, 15) is 20.2 Å². The third-order valence-corrected chi connectivity index (χ3v) is 2.98. The van der Waals surface area contributed by atoms with Gasteiger partial charge in [-0.3, -0.25) is 20.2 Å². The van der Waals surface area contributed by atoms with Crippen LogP contribution in [0, 0.1) is 27.2 Å². The molecular weight excluding hydrogens is 274 g/mol. The molecule has 0 aliphatic carbocycles. The molecule has 1 N–H and O–H groups in total. The molecule has 0 radical (unpaired) electrons. The third-order valence-electron chi connectivity index (χ3n) is 2.98. The third kappa shape index (κ3) is 3.53. The molecule has 0 unspecified atom stereocenters. The van der Waals surface area contributed by atoms with Gasteiger partial charge in [0.05, 0.1) is 15.9 Å². The Morgan fingerprint density at radius 2 is 1.81 bits per heavy atom. The number of hydrogen-bond acceptors (Lipinski definition) is 5. The number of nitro benzene ring substituents is 2. The van der Waals surface area contributed by atoms with Crippen molar-refractivity contribution in [1.82, 2.24) is 0 Å². The number of hydrogen-bond donors (Lipinski definition) is 1. The highest BCUT2D eigenvalue weighted by atomic mass is 16.6. The van der Waals surface area contributed by atoms with Gasteiger partial charge in [-0.15, -0.1) is 0 Å². The van der Waals surface area contributed by atoms with Crippen LogP contribution in [0.1, 0.15) is 11.1 Å². The summed E-state index contributed by atoms with van der Waals surface area (Å²) in [5.41, 5.74) is 1.75. The largest absolute Gasteiger partial charge is 0.381 e. The van der Waals surface area contributed by atoms with E-state index in [4.69, 9.17) is 0 Å². The fourth-order valence-electron chi connectivity index (χ4n) is 1.94. The van der Waals surface area contributed by atoms with Crippen LogP contribution in [0.3, 0.4) is 0 Å². The van der Waals surface area contributed by atoms with E-state index in [0.717, 1.165) is 17.3 Å². The van der Waals surface area contributed by atoms with E-state index >= 15 is 0 Å². The molecule has 0 saturated carbocycles. The Labute approximate surface area is 120 Å². The zero-order chi connectivity index (χ0) is 15.4. The maximum absolute atomic E-state index is 11.0. The minimum absolute atomic E-state index is 0.220. The summed E-state index contributed by atoms with van der Waals surface area (Å²) in [5.74, 6) is 0. The first-order valence-electron chi connectivity index (χ1n) is 6.19. The van der Waals surface area contributed by atoms with Crippen LogP contribution < -0.4 is 5.32 Å². The molecule has 0 atom stereocenters. The van der Waals surface area contributed by atoms with E-state index in [1.165, 1.54) is 12.1 Å². The Morgan fingerprint density at radius 1 is 1.05 bits per heavy atom. The van der Waals surface area contributed by atoms with Crippen molar-refractivity contribution < 1.29 is 9.85 Å². The highest BCUT2D eigenvalue weighted by Gasteiger charge is 2.18. The summed E-state index contributed by atoms with van der Waals surface area (Å²) >= 11 is 0. The number of non-ortho nitro benzene ring substituents is 1. The van der Waals surface area contributed by atoms with E-state index in [1.807, 2.05) is 31.2 Å². The van der Waals surface area contributed by atoms with Crippen LogP contribution in [-0.4, -0.2) is 9.85 Å². The summed E-state index contributed by atoms with van der Waals surface area (Å²) in [6, 6.07) is 11.2. The smallest absolute Gasteiger partial charge is 0.281 e. The normalized spacial score (nSPS) is 10.1. The molecule has 0 aliphatic rings. The molecular formula is C14H13N3O4. The zero-order valence-electron chi connectivity index (χ0n) is 11.3. The van der Waals surface area contributed by atoms with E-state index in [2.05, 4.69) is 5.32 Å². The van der Waals surface area contributed by atoms with Crippen molar-refractivity contribution in [3.63, 3.8) is 0 Å². The highest BCUT2D eigenvalue weighted by Crippen LogP contribution is 2.25. The molecule has 0 fully saturated rings. The van der Waals surface area contributed by atoms with Crippen LogP contribution in [0.25, 0.3) is 0 Å². The molecule has 0 bridgehead atoms. The molecule has 0 aromatic heterocycles. The second-order valence-electron chi connectivity index (χ2n) is 4.55. The van der Waals surface area contributed by atoms with Gasteiger partial charge < -0.3 is 5.32 Å². The standard InChI is InChI=1S/C14H13N3O4/c1-10-3-2-4-12(7-10)15-9-11-5-6-13(16(18)19)8-14(11)17(20)21/h2-8,15H,9H2,1H3. The lowest BCUT2D eigenvalue weighted by Crippen LogP contribution is -2.04. The predicted molar refractivity (Wildman–Crippen MR) is 78.3 cm³/mol. The zero-order valence-corrected chi connectivity index (χ0v) is 11.3. The molecule has 21 heavy (non-hydrogen) atoms. The van der Waals surface area contributed by atoms with Crippen molar-refractivity contribution in [3.8, 4) is 0 Å². The number of benzene rings is 2. The van der Waals surface area contributed by atoms with Crippen molar-refractivity contribution in [2.45, 2.75) is 13.5 Å². The first-order chi connectivity index (χ1) is 9.97. The molecule has 7 heteroatoms. The van der Waals surface area contributed by atoms with Gasteiger partial charge in [-0.25, -0.2) is 0 Å². The number of rotatable bonds is 5. The van der Waals surface area contributed by atoms with Crippen molar-refractivity contribution in [2.24, 2.45) is 0 Å². The highest BCUT2D eigenvalue weighted by molar-refractivity contribution is 5.52. The molecule has 2 aromatic carbocycles. The lowest BCUT2D eigenvalue weighted by atomic mass is 10.1. The van der Waals surface area contributed by atoms with Crippen LogP contribution in [0.5, 0.6) is 0 Å². The predicted octanol–water partition coefficient (Wildman–Crippen LogP) is 3.42. The molecule has 0 aliphatic heterocycles. The summed E-state index contributed by atoms with van der Waals surface area (Å²) < 4.78 is 0. The van der Waals surface area contributed by atoms with Gasteiger partial charge in [-0.05, 0) is 30.7 Å². The Morgan fingerprint density at radius 3 is 2.43 bits per heavy atom. The van der Waals surface area contributed by atoms with Crippen LogP contribution in [0.4, 0.5) is 17.1 Å². The summed E-state index contributed by atoms with van der Waals surface area (Å²) in [6.07, 6.45) is 0. The number of anilines is 1. The van der Waals surface area contributed by atoms with Crippen molar-refractivity contribution in [1.29, 1.82) is 0 Å². The Hall–Kier alpha value is -2.96. The molecule has 0 amide bonds. The molecule has 0 spiro atoms. The quantitative estimate of drug-likeness (QED) is 0.671. The minimum atomic E-state index is -0.648. The van der Waals surface area contributed by atoms with Gasteiger partial charge in [0.1, 0.15) is 0 Å². The van der Waals surface area contributed by atoms with Crippen LogP contribution >= 0.6 is 0 Å². The summed E-state index contributed by atoms with van der Waals surface area (Å²) in [7, 11) is 0. The fraction of sp³-hybridized carbons (Fsp3) is 0.143. The maximum Gasteiger partial charge on any atom is 0.281 e. The lowest BCUT2D eigenvalue weighted by molar-refractivity contribution is -0.394. The van der Waals surface area contributed by atoms with E-state index in [0.29, 0.717) is 5.56 Å². The van der Waals surface area contributed by atoms with Gasteiger partial charge in [0.25, 0.3) is 11.4 Å². The molecule has 2 aromatic rings. The first kappa shape index (κ1) is 14.4. The van der Waals surface area contributed by atoms with Gasteiger partial charge in [0, 0.05) is 23.9 Å². The minimum Gasteiger partial charge on any atom is -0.381 e. The maximum atomic E-state index is 11.0. The SMILES string of the molecule is Cc1cccc(NCc2ccc([N+](=O)[O-])cc2[N+](=O)[O-])c1. The summed E-state index contributed by atoms with van der Waals surface area (Å²) in [5, 5.41) is 24.8. The van der Waals surface area contributed by atoms with Crippen molar-refractivity contribution in [2.75, 3.05) is 5.32 Å². The van der Waals surface area contributed by atoms with Gasteiger partial charge in [-0.2, -0.15) is 0 Å². The van der Waals surface area contributed by atoms with Gasteiger partial charge >= 0.3 is 0 Å². The van der Waals surface area contributed by atoms with Gasteiger partial charge in [0.2, 0.25) is 0 Å². The first-order valence-corrected chi connectivity index (χ1v) is 6.19. The average molecular weight is 287 g/mol. The fourth-order valence-corrected chi connectivity index (χ4v) is 1.94. The second-order valence-corrected chi connectivity index (χ2v) is 4.55. The number of aryl methyl sites for hydroxylation is 1. The van der Waals surface area contributed by atoms with E-state index in [1.54, 1.807) is 0 Å². The van der Waals surface area contributed by atoms with Crippen LogP contribution in [-0.2, 0) is 6.54 Å². The van der Waals surface area contributed by atoms with Crippen molar-refractivity contribution in [3.05, 3.63) is 73.8 Å². The van der Waals surface area contributed by atoms with Crippen LogP contribution in [0.15, 0.2) is 42.5 Å².